The third kappa shape index (κ3) is 3.71. The Bertz CT molecular complexity index is 1390. The number of benzene rings is 1. The molecule has 2 amide bonds. The molecule has 9 nitrogen and oxygen atoms in total. The van der Waals surface area contributed by atoms with Gasteiger partial charge in [-0.25, -0.2) is 0 Å². The van der Waals surface area contributed by atoms with Gasteiger partial charge in [-0.05, 0) is 18.6 Å². The topological polar surface area (TPSA) is 102 Å². The normalized spacial score (nSPS) is 13.0. The van der Waals surface area contributed by atoms with Gasteiger partial charge < -0.3 is 19.2 Å². The number of fused-ring (bicyclic) bond motifs is 2. The van der Waals surface area contributed by atoms with Crippen LogP contribution >= 0.6 is 0 Å². The third-order valence-corrected chi connectivity index (χ3v) is 5.72. The molecule has 1 N–H and O–H groups in total. The average Bonchev–Trinajstić information content (AvgIpc) is 3.56. The van der Waals surface area contributed by atoms with Crippen LogP contribution in [-0.4, -0.2) is 37.4 Å². The maximum absolute atomic E-state index is 13.3. The summed E-state index contributed by atoms with van der Waals surface area (Å²) >= 11 is 0. The van der Waals surface area contributed by atoms with Crippen molar-refractivity contribution in [3.05, 3.63) is 82.2 Å². The molecule has 0 saturated heterocycles. The van der Waals surface area contributed by atoms with Crippen LogP contribution in [0, 0.1) is 0 Å². The van der Waals surface area contributed by atoms with Gasteiger partial charge in [0.25, 0.3) is 11.5 Å². The van der Waals surface area contributed by atoms with E-state index in [1.165, 1.54) is 10.8 Å². The minimum absolute atomic E-state index is 0.127. The first-order valence-corrected chi connectivity index (χ1v) is 10.9. The molecular weight excluding hydrogens is 422 g/mol. The summed E-state index contributed by atoms with van der Waals surface area (Å²) in [5, 5.41) is 7.32. The van der Waals surface area contributed by atoms with Crippen LogP contribution in [0.2, 0.25) is 0 Å². The third-order valence-electron chi connectivity index (χ3n) is 5.72. The van der Waals surface area contributed by atoms with Crippen LogP contribution in [0.15, 0.2) is 64.0 Å². The Labute approximate surface area is 189 Å². The summed E-state index contributed by atoms with van der Waals surface area (Å²) in [5.41, 5.74) is 2.13. The van der Waals surface area contributed by atoms with Crippen molar-refractivity contribution in [3.8, 4) is 11.3 Å². The highest BCUT2D eigenvalue weighted by molar-refractivity contribution is 5.98. The monoisotopic (exact) mass is 445 g/mol. The van der Waals surface area contributed by atoms with Gasteiger partial charge in [-0.3, -0.25) is 14.4 Å². The van der Waals surface area contributed by atoms with Crippen molar-refractivity contribution in [3.63, 3.8) is 0 Å². The molecule has 4 aromatic rings. The highest BCUT2D eigenvalue weighted by Crippen LogP contribution is 2.25. The van der Waals surface area contributed by atoms with Gasteiger partial charge in [0, 0.05) is 18.2 Å². The Morgan fingerprint density at radius 1 is 1.15 bits per heavy atom. The summed E-state index contributed by atoms with van der Waals surface area (Å²) in [6, 6.07) is 14.7. The van der Waals surface area contributed by atoms with Gasteiger partial charge in [-0.15, -0.1) is 0 Å². The molecule has 0 unspecified atom stereocenters. The van der Waals surface area contributed by atoms with Crippen LogP contribution in [0.3, 0.4) is 0 Å². The van der Waals surface area contributed by atoms with Crippen LogP contribution < -0.4 is 10.9 Å². The van der Waals surface area contributed by atoms with Crippen LogP contribution in [0.5, 0.6) is 0 Å². The lowest BCUT2D eigenvalue weighted by atomic mass is 10.1. The van der Waals surface area contributed by atoms with Crippen molar-refractivity contribution in [1.82, 2.24) is 24.4 Å². The smallest absolute Gasteiger partial charge is 0.280 e. The average molecular weight is 445 g/mol. The van der Waals surface area contributed by atoms with Crippen molar-refractivity contribution in [1.29, 1.82) is 0 Å². The molecule has 4 heterocycles. The molecule has 0 atom stereocenters. The van der Waals surface area contributed by atoms with Crippen molar-refractivity contribution in [2.75, 3.05) is 6.54 Å². The van der Waals surface area contributed by atoms with E-state index in [9.17, 15) is 14.4 Å². The van der Waals surface area contributed by atoms with Gasteiger partial charge in [0.1, 0.15) is 23.6 Å². The zero-order valence-electron chi connectivity index (χ0n) is 18.2. The van der Waals surface area contributed by atoms with Crippen LogP contribution in [0.1, 0.15) is 35.2 Å². The molecule has 0 fully saturated rings. The first-order valence-electron chi connectivity index (χ1n) is 10.9. The fourth-order valence-electron chi connectivity index (χ4n) is 4.18. The van der Waals surface area contributed by atoms with Crippen LogP contribution in [0.4, 0.5) is 0 Å². The van der Waals surface area contributed by atoms with Crippen molar-refractivity contribution >= 4 is 17.5 Å². The minimum Gasteiger partial charge on any atom is -0.467 e. The number of amides is 2. The quantitative estimate of drug-likeness (QED) is 0.471. The molecule has 1 aliphatic heterocycles. The zero-order chi connectivity index (χ0) is 22.9. The number of hydrogen-bond donors (Lipinski definition) is 1. The van der Waals surface area contributed by atoms with Gasteiger partial charge in [0.05, 0.1) is 30.6 Å². The zero-order valence-corrected chi connectivity index (χ0v) is 18.2. The summed E-state index contributed by atoms with van der Waals surface area (Å²) in [4.78, 5) is 40.9. The Kier molecular flexibility index (Phi) is 5.29. The minimum atomic E-state index is -0.332. The van der Waals surface area contributed by atoms with Crippen LogP contribution in [-0.2, 0) is 24.4 Å². The van der Waals surface area contributed by atoms with E-state index in [0.29, 0.717) is 29.2 Å². The van der Waals surface area contributed by atoms with Crippen molar-refractivity contribution in [2.45, 2.75) is 33.0 Å². The number of carbonyl (C=O) groups excluding carboxylic acids is 2. The van der Waals surface area contributed by atoms with Crippen molar-refractivity contribution in [2.24, 2.45) is 0 Å². The van der Waals surface area contributed by atoms with E-state index in [1.54, 1.807) is 27.7 Å². The van der Waals surface area contributed by atoms with E-state index in [2.05, 4.69) is 10.4 Å². The van der Waals surface area contributed by atoms with Gasteiger partial charge >= 0.3 is 0 Å². The SMILES string of the molecule is CCCN1Cc2c(n(CC(=O)NCc3ccco3)c3cc(-c4ccccc4)nn3c2=O)C1=O. The number of nitrogens with one attached hydrogen (secondary N) is 1. The molecule has 9 heteroatoms. The Balaban J connectivity index is 1.59. The van der Waals surface area contributed by atoms with Gasteiger partial charge in [0.15, 0.2) is 0 Å². The highest BCUT2D eigenvalue weighted by atomic mass is 16.3. The lowest BCUT2D eigenvalue weighted by Crippen LogP contribution is -2.32. The summed E-state index contributed by atoms with van der Waals surface area (Å²) < 4.78 is 8.16. The predicted octanol–water partition coefficient (Wildman–Crippen LogP) is 2.44. The standard InChI is InChI=1S/C24H23N5O4/c1-2-10-27-14-18-22(24(27)32)28(15-20(30)25-13-17-9-6-11-33-17)21-12-19(26-29(21)23(18)31)16-7-4-3-5-8-16/h3-9,11-12H,2,10,13-15H2,1H3,(H,25,30). The number of carbonyl (C=O) groups is 2. The molecule has 0 saturated carbocycles. The fourth-order valence-corrected chi connectivity index (χ4v) is 4.18. The molecule has 0 aliphatic carbocycles. The molecule has 168 valence electrons. The Morgan fingerprint density at radius 3 is 2.70 bits per heavy atom. The lowest BCUT2D eigenvalue weighted by molar-refractivity contribution is -0.121. The second kappa shape index (κ2) is 8.42. The van der Waals surface area contributed by atoms with Crippen molar-refractivity contribution < 1.29 is 14.0 Å². The van der Waals surface area contributed by atoms with Gasteiger partial charge in [-0.1, -0.05) is 37.3 Å². The van der Waals surface area contributed by atoms with E-state index in [1.807, 2.05) is 37.3 Å². The number of nitrogens with zero attached hydrogens (tertiary/aromatic N) is 4. The maximum atomic E-state index is 13.3. The van der Waals surface area contributed by atoms with E-state index < -0.39 is 0 Å². The molecule has 0 spiro atoms. The molecule has 5 rings (SSSR count). The van der Waals surface area contributed by atoms with Crippen LogP contribution in [0.25, 0.3) is 16.9 Å². The Morgan fingerprint density at radius 2 is 1.97 bits per heavy atom. The largest absolute Gasteiger partial charge is 0.467 e. The summed E-state index contributed by atoms with van der Waals surface area (Å²) in [5.74, 6) is 0.0793. The molecule has 0 radical (unpaired) electrons. The highest BCUT2D eigenvalue weighted by Gasteiger charge is 2.34. The molecule has 1 aliphatic rings. The summed E-state index contributed by atoms with van der Waals surface area (Å²) in [6.45, 7) is 2.83. The molecular formula is C24H23N5O4. The Hall–Kier alpha value is -4.14. The summed E-state index contributed by atoms with van der Waals surface area (Å²) in [6.07, 6.45) is 2.31. The van der Waals surface area contributed by atoms with E-state index in [-0.39, 0.29) is 42.7 Å². The second-order valence-electron chi connectivity index (χ2n) is 7.97. The first kappa shape index (κ1) is 20.7. The lowest BCUT2D eigenvalue weighted by Gasteiger charge is -2.15. The molecule has 3 aromatic heterocycles. The summed E-state index contributed by atoms with van der Waals surface area (Å²) in [7, 11) is 0. The first-order chi connectivity index (χ1) is 16.1. The maximum Gasteiger partial charge on any atom is 0.280 e. The number of furan rings is 1. The number of aromatic nitrogens is 3. The predicted molar refractivity (Wildman–Crippen MR) is 120 cm³/mol. The van der Waals surface area contributed by atoms with E-state index >= 15 is 0 Å². The van der Waals surface area contributed by atoms with Gasteiger partial charge in [0.2, 0.25) is 5.91 Å². The van der Waals surface area contributed by atoms with E-state index in [4.69, 9.17) is 4.42 Å². The van der Waals surface area contributed by atoms with Gasteiger partial charge in [-0.2, -0.15) is 9.61 Å². The molecule has 0 bridgehead atoms. The second-order valence-corrected chi connectivity index (χ2v) is 7.97. The fraction of sp³-hybridized carbons (Fsp3) is 0.250. The number of rotatable bonds is 7. The number of hydrogen-bond acceptors (Lipinski definition) is 5. The van der Waals surface area contributed by atoms with E-state index in [0.717, 1.165) is 12.0 Å². The molecule has 33 heavy (non-hydrogen) atoms. The molecule has 1 aromatic carbocycles.